The first kappa shape index (κ1) is 22.5. The standard InChI is InChI=1S/C23H25N3O4S/c1-15(2)21(23(28)25-19-10-6-9-18(13-19)22(27)24-3)26-31(29,30)20-12-11-16-7-4-5-8-17(16)14-20/h4-15,21,26H,1-3H3,(H,24,27)(H,25,28)/t21-/m0/s1. The number of rotatable bonds is 7. The van der Waals surface area contributed by atoms with Gasteiger partial charge in [0.25, 0.3) is 5.91 Å². The zero-order chi connectivity index (χ0) is 22.6. The predicted octanol–water partition coefficient (Wildman–Crippen LogP) is 3.14. The fourth-order valence-corrected chi connectivity index (χ4v) is 4.54. The third kappa shape index (κ3) is 5.28. The number of anilines is 1. The number of hydrogen-bond acceptors (Lipinski definition) is 4. The van der Waals surface area contributed by atoms with Crippen molar-refractivity contribution in [1.82, 2.24) is 10.0 Å². The van der Waals surface area contributed by atoms with Crippen LogP contribution in [0.1, 0.15) is 24.2 Å². The second-order valence-corrected chi connectivity index (χ2v) is 9.22. The Hall–Kier alpha value is -3.23. The molecule has 3 N–H and O–H groups in total. The van der Waals surface area contributed by atoms with E-state index >= 15 is 0 Å². The molecule has 3 aromatic carbocycles. The van der Waals surface area contributed by atoms with Crippen molar-refractivity contribution in [3.05, 3.63) is 72.3 Å². The molecule has 0 bridgehead atoms. The number of fused-ring (bicyclic) bond motifs is 1. The first-order chi connectivity index (χ1) is 14.7. The van der Waals surface area contributed by atoms with Gasteiger partial charge in [-0.05, 0) is 47.0 Å². The molecule has 8 heteroatoms. The van der Waals surface area contributed by atoms with E-state index in [2.05, 4.69) is 15.4 Å². The van der Waals surface area contributed by atoms with Crippen LogP contribution in [-0.2, 0) is 14.8 Å². The van der Waals surface area contributed by atoms with Crippen LogP contribution in [0.2, 0.25) is 0 Å². The van der Waals surface area contributed by atoms with E-state index in [1.807, 2.05) is 24.3 Å². The Labute approximate surface area is 181 Å². The Bertz CT molecular complexity index is 1220. The molecule has 2 amide bonds. The summed E-state index contributed by atoms with van der Waals surface area (Å²) in [4.78, 5) is 24.8. The minimum Gasteiger partial charge on any atom is -0.355 e. The van der Waals surface area contributed by atoms with Gasteiger partial charge in [0.15, 0.2) is 0 Å². The molecule has 0 radical (unpaired) electrons. The Morgan fingerprint density at radius 3 is 2.26 bits per heavy atom. The van der Waals surface area contributed by atoms with Gasteiger partial charge in [0.05, 0.1) is 4.90 Å². The summed E-state index contributed by atoms with van der Waals surface area (Å²) in [7, 11) is -2.42. The molecule has 0 heterocycles. The van der Waals surface area contributed by atoms with E-state index in [1.165, 1.54) is 19.2 Å². The van der Waals surface area contributed by atoms with E-state index in [0.29, 0.717) is 11.3 Å². The molecule has 0 fully saturated rings. The first-order valence-electron chi connectivity index (χ1n) is 9.85. The summed E-state index contributed by atoms with van der Waals surface area (Å²) in [5, 5.41) is 6.94. The van der Waals surface area contributed by atoms with Crippen LogP contribution < -0.4 is 15.4 Å². The van der Waals surface area contributed by atoms with Gasteiger partial charge in [0.2, 0.25) is 15.9 Å². The van der Waals surface area contributed by atoms with Crippen molar-refractivity contribution in [2.45, 2.75) is 24.8 Å². The molecule has 1 atom stereocenters. The summed E-state index contributed by atoms with van der Waals surface area (Å²) in [6.45, 7) is 3.52. The maximum atomic E-state index is 13.0. The monoisotopic (exact) mass is 439 g/mol. The van der Waals surface area contributed by atoms with Crippen LogP contribution in [0.5, 0.6) is 0 Å². The average molecular weight is 440 g/mol. The summed E-state index contributed by atoms with van der Waals surface area (Å²) in [5.41, 5.74) is 0.791. The molecule has 3 aromatic rings. The summed E-state index contributed by atoms with van der Waals surface area (Å²) in [6, 6.07) is 17.7. The van der Waals surface area contributed by atoms with Crippen LogP contribution in [0, 0.1) is 5.92 Å². The lowest BCUT2D eigenvalue weighted by atomic mass is 10.0. The topological polar surface area (TPSA) is 104 Å². The van der Waals surface area contributed by atoms with Crippen LogP contribution in [0.15, 0.2) is 71.6 Å². The van der Waals surface area contributed by atoms with Crippen molar-refractivity contribution in [3.63, 3.8) is 0 Å². The van der Waals surface area contributed by atoms with Crippen molar-refractivity contribution in [3.8, 4) is 0 Å². The Kier molecular flexibility index (Phi) is 6.72. The highest BCUT2D eigenvalue weighted by Crippen LogP contribution is 2.20. The van der Waals surface area contributed by atoms with Gasteiger partial charge >= 0.3 is 0 Å². The lowest BCUT2D eigenvalue weighted by molar-refractivity contribution is -0.118. The summed E-state index contributed by atoms with van der Waals surface area (Å²) in [5.74, 6) is -1.10. The fourth-order valence-electron chi connectivity index (χ4n) is 3.16. The first-order valence-corrected chi connectivity index (χ1v) is 11.3. The molecule has 0 spiro atoms. The van der Waals surface area contributed by atoms with Crippen LogP contribution in [-0.4, -0.2) is 33.3 Å². The molecule has 0 aliphatic carbocycles. The van der Waals surface area contributed by atoms with E-state index < -0.39 is 22.0 Å². The second-order valence-electron chi connectivity index (χ2n) is 7.50. The number of hydrogen-bond donors (Lipinski definition) is 3. The van der Waals surface area contributed by atoms with Crippen molar-refractivity contribution < 1.29 is 18.0 Å². The Morgan fingerprint density at radius 2 is 1.58 bits per heavy atom. The maximum absolute atomic E-state index is 13.0. The predicted molar refractivity (Wildman–Crippen MR) is 121 cm³/mol. The molecule has 3 rings (SSSR count). The SMILES string of the molecule is CNC(=O)c1cccc(NC(=O)[C@@H](NS(=O)(=O)c2ccc3ccccc3c2)C(C)C)c1. The number of carbonyl (C=O) groups is 2. The molecule has 7 nitrogen and oxygen atoms in total. The number of nitrogens with one attached hydrogen (secondary N) is 3. The van der Waals surface area contributed by atoms with E-state index in [1.54, 1.807) is 44.2 Å². The highest BCUT2D eigenvalue weighted by atomic mass is 32.2. The van der Waals surface area contributed by atoms with Crippen LogP contribution in [0.4, 0.5) is 5.69 Å². The largest absolute Gasteiger partial charge is 0.355 e. The van der Waals surface area contributed by atoms with Gasteiger partial charge in [-0.15, -0.1) is 0 Å². The molecule has 162 valence electrons. The minimum absolute atomic E-state index is 0.0891. The van der Waals surface area contributed by atoms with Gasteiger partial charge in [-0.1, -0.05) is 50.2 Å². The number of carbonyl (C=O) groups excluding carboxylic acids is 2. The van der Waals surface area contributed by atoms with E-state index in [0.717, 1.165) is 10.8 Å². The van der Waals surface area contributed by atoms with Crippen molar-refractivity contribution in [1.29, 1.82) is 0 Å². The highest BCUT2D eigenvalue weighted by molar-refractivity contribution is 7.89. The van der Waals surface area contributed by atoms with E-state index in [4.69, 9.17) is 0 Å². The van der Waals surface area contributed by atoms with Gasteiger partial charge < -0.3 is 10.6 Å². The smallest absolute Gasteiger partial charge is 0.251 e. The molecule has 31 heavy (non-hydrogen) atoms. The minimum atomic E-state index is -3.93. The van der Waals surface area contributed by atoms with Crippen LogP contribution >= 0.6 is 0 Å². The van der Waals surface area contributed by atoms with E-state index in [-0.39, 0.29) is 16.7 Å². The Balaban J connectivity index is 1.82. The fraction of sp³-hybridized carbons (Fsp3) is 0.217. The third-order valence-electron chi connectivity index (χ3n) is 4.88. The molecule has 0 aliphatic rings. The van der Waals surface area contributed by atoms with Gasteiger partial charge in [0.1, 0.15) is 6.04 Å². The van der Waals surface area contributed by atoms with Gasteiger partial charge in [-0.2, -0.15) is 4.72 Å². The number of amides is 2. The lowest BCUT2D eigenvalue weighted by Gasteiger charge is -2.22. The molecule has 0 saturated heterocycles. The number of sulfonamides is 1. The zero-order valence-corrected chi connectivity index (χ0v) is 18.4. The molecule has 0 aliphatic heterocycles. The van der Waals surface area contributed by atoms with Gasteiger partial charge in [0, 0.05) is 18.3 Å². The quantitative estimate of drug-likeness (QED) is 0.526. The van der Waals surface area contributed by atoms with Crippen molar-refractivity contribution >= 4 is 38.3 Å². The number of benzene rings is 3. The second kappa shape index (κ2) is 9.28. The van der Waals surface area contributed by atoms with Gasteiger partial charge in [-0.25, -0.2) is 8.42 Å². The summed E-state index contributed by atoms with van der Waals surface area (Å²) < 4.78 is 28.5. The van der Waals surface area contributed by atoms with E-state index in [9.17, 15) is 18.0 Å². The average Bonchev–Trinajstić information content (AvgIpc) is 2.76. The molecule has 0 aromatic heterocycles. The van der Waals surface area contributed by atoms with Crippen molar-refractivity contribution in [2.75, 3.05) is 12.4 Å². The zero-order valence-electron chi connectivity index (χ0n) is 17.5. The summed E-state index contributed by atoms with van der Waals surface area (Å²) in [6.07, 6.45) is 0. The van der Waals surface area contributed by atoms with Crippen LogP contribution in [0.3, 0.4) is 0 Å². The molecular weight excluding hydrogens is 414 g/mol. The maximum Gasteiger partial charge on any atom is 0.251 e. The molecule has 0 saturated carbocycles. The highest BCUT2D eigenvalue weighted by Gasteiger charge is 2.28. The van der Waals surface area contributed by atoms with Gasteiger partial charge in [-0.3, -0.25) is 9.59 Å². The molecular formula is C23H25N3O4S. The lowest BCUT2D eigenvalue weighted by Crippen LogP contribution is -2.47. The van der Waals surface area contributed by atoms with Crippen molar-refractivity contribution in [2.24, 2.45) is 5.92 Å². The summed E-state index contributed by atoms with van der Waals surface area (Å²) >= 11 is 0. The normalized spacial score (nSPS) is 12.5. The molecule has 0 unspecified atom stereocenters. The third-order valence-corrected chi connectivity index (χ3v) is 6.32. The Morgan fingerprint density at radius 1 is 0.871 bits per heavy atom. The van der Waals surface area contributed by atoms with Crippen LogP contribution in [0.25, 0.3) is 10.8 Å².